The van der Waals surface area contributed by atoms with Crippen LogP contribution in [0.15, 0.2) is 11.4 Å². The average Bonchev–Trinajstić information content (AvgIpc) is 3.06. The third kappa shape index (κ3) is 3.01. The van der Waals surface area contributed by atoms with Crippen LogP contribution in [0, 0.1) is 0 Å². The molecule has 0 bridgehead atoms. The first kappa shape index (κ1) is 12.9. The first-order valence-electron chi connectivity index (χ1n) is 5.77. The molecule has 18 heavy (non-hydrogen) atoms. The fraction of sp³-hybridized carbons (Fsp3) is 0.500. The van der Waals surface area contributed by atoms with Crippen LogP contribution in [0.25, 0.3) is 0 Å². The van der Waals surface area contributed by atoms with E-state index in [0.717, 1.165) is 12.8 Å². The molecule has 1 heterocycles. The fourth-order valence-electron chi connectivity index (χ4n) is 1.73. The van der Waals surface area contributed by atoms with E-state index in [1.807, 2.05) is 0 Å². The Hall–Kier alpha value is -1.56. The Balaban J connectivity index is 2.05. The summed E-state index contributed by atoms with van der Waals surface area (Å²) in [5, 5.41) is 10.5. The van der Waals surface area contributed by atoms with Crippen LogP contribution in [0.1, 0.15) is 28.9 Å². The monoisotopic (exact) mass is 269 g/mol. The van der Waals surface area contributed by atoms with Gasteiger partial charge in [-0.25, -0.2) is 0 Å². The number of thiophene rings is 1. The molecule has 98 valence electrons. The maximum absolute atomic E-state index is 12.3. The van der Waals surface area contributed by atoms with Crippen molar-refractivity contribution < 1.29 is 19.4 Å². The van der Waals surface area contributed by atoms with Crippen LogP contribution in [0.2, 0.25) is 0 Å². The highest BCUT2D eigenvalue weighted by atomic mass is 32.1. The van der Waals surface area contributed by atoms with Crippen molar-refractivity contribution in [3.8, 4) is 5.75 Å². The highest BCUT2D eigenvalue weighted by molar-refractivity contribution is 7.12. The molecule has 0 atom stereocenters. The normalized spacial score (nSPS) is 14.3. The number of amides is 1. The van der Waals surface area contributed by atoms with Crippen LogP contribution in [-0.2, 0) is 4.79 Å². The quantitative estimate of drug-likeness (QED) is 0.855. The molecule has 1 aromatic rings. The number of rotatable bonds is 6. The molecule has 0 aromatic carbocycles. The van der Waals surface area contributed by atoms with Gasteiger partial charge in [0.15, 0.2) is 0 Å². The van der Waals surface area contributed by atoms with E-state index in [2.05, 4.69) is 0 Å². The minimum atomic E-state index is -0.878. The molecule has 0 radical (unpaired) electrons. The Labute approximate surface area is 109 Å². The van der Waals surface area contributed by atoms with E-state index in [1.165, 1.54) is 11.3 Å². The highest BCUT2D eigenvalue weighted by Gasteiger charge is 2.33. The standard InChI is InChI=1S/C12H15NO4S/c1-17-9-6-10(18-7-9)12(16)13(8-2-3-8)5-4-11(14)15/h6-8H,2-5H2,1H3,(H,14,15). The lowest BCUT2D eigenvalue weighted by atomic mass is 10.3. The summed E-state index contributed by atoms with van der Waals surface area (Å²) in [5.74, 6) is -0.304. The van der Waals surface area contributed by atoms with Crippen LogP contribution in [0.4, 0.5) is 0 Å². The van der Waals surface area contributed by atoms with Crippen molar-refractivity contribution in [1.82, 2.24) is 4.90 Å². The van der Waals surface area contributed by atoms with E-state index >= 15 is 0 Å². The first-order valence-corrected chi connectivity index (χ1v) is 6.65. The van der Waals surface area contributed by atoms with Gasteiger partial charge in [0.25, 0.3) is 5.91 Å². The number of carbonyl (C=O) groups excluding carboxylic acids is 1. The molecular weight excluding hydrogens is 254 g/mol. The van der Waals surface area contributed by atoms with Crippen molar-refractivity contribution in [2.24, 2.45) is 0 Å². The first-order chi connectivity index (χ1) is 8.61. The number of carbonyl (C=O) groups is 2. The van der Waals surface area contributed by atoms with Gasteiger partial charge in [0.05, 0.1) is 18.4 Å². The Bertz CT molecular complexity index is 453. The van der Waals surface area contributed by atoms with Crippen LogP contribution in [0.5, 0.6) is 5.75 Å². The zero-order chi connectivity index (χ0) is 13.1. The predicted molar refractivity (Wildman–Crippen MR) is 67.2 cm³/mol. The average molecular weight is 269 g/mol. The second-order valence-electron chi connectivity index (χ2n) is 4.22. The second-order valence-corrected chi connectivity index (χ2v) is 5.14. The number of hydrogen-bond acceptors (Lipinski definition) is 4. The molecule has 1 aliphatic carbocycles. The number of ether oxygens (including phenoxy) is 1. The lowest BCUT2D eigenvalue weighted by molar-refractivity contribution is -0.137. The summed E-state index contributed by atoms with van der Waals surface area (Å²) < 4.78 is 5.04. The van der Waals surface area contributed by atoms with Crippen LogP contribution < -0.4 is 4.74 Å². The van der Waals surface area contributed by atoms with Crippen LogP contribution in [0.3, 0.4) is 0 Å². The van der Waals surface area contributed by atoms with Crippen LogP contribution in [-0.4, -0.2) is 41.6 Å². The molecule has 2 rings (SSSR count). The fourth-order valence-corrected chi connectivity index (χ4v) is 2.54. The van der Waals surface area contributed by atoms with E-state index in [1.54, 1.807) is 23.5 Å². The summed E-state index contributed by atoms with van der Waals surface area (Å²) in [6.07, 6.45) is 1.92. The SMILES string of the molecule is COc1csc(C(=O)N(CCC(=O)O)C2CC2)c1. The van der Waals surface area contributed by atoms with E-state index in [0.29, 0.717) is 10.6 Å². The Morgan fingerprint density at radius 2 is 2.28 bits per heavy atom. The van der Waals surface area contributed by atoms with Gasteiger partial charge in [0.1, 0.15) is 5.75 Å². The minimum absolute atomic E-state index is 0.00918. The van der Waals surface area contributed by atoms with Crippen LogP contribution >= 0.6 is 11.3 Å². The molecule has 1 N–H and O–H groups in total. The largest absolute Gasteiger partial charge is 0.496 e. The molecule has 1 aromatic heterocycles. The van der Waals surface area contributed by atoms with E-state index in [-0.39, 0.29) is 24.9 Å². The van der Waals surface area contributed by atoms with E-state index < -0.39 is 5.97 Å². The number of carboxylic acids is 1. The van der Waals surface area contributed by atoms with Gasteiger partial charge in [-0.05, 0) is 12.8 Å². The Kier molecular flexibility index (Phi) is 3.86. The lowest BCUT2D eigenvalue weighted by Gasteiger charge is -2.20. The number of carboxylic acid groups (broad SMARTS) is 1. The van der Waals surface area contributed by atoms with Gasteiger partial charge < -0.3 is 14.7 Å². The van der Waals surface area contributed by atoms with Gasteiger partial charge >= 0.3 is 5.97 Å². The van der Waals surface area contributed by atoms with Crippen molar-refractivity contribution in [2.45, 2.75) is 25.3 Å². The number of methoxy groups -OCH3 is 1. The second kappa shape index (κ2) is 5.39. The van der Waals surface area contributed by atoms with Crippen molar-refractivity contribution in [3.05, 3.63) is 16.3 Å². The molecule has 1 saturated carbocycles. The molecule has 1 amide bonds. The van der Waals surface area contributed by atoms with Crippen molar-refractivity contribution in [2.75, 3.05) is 13.7 Å². The molecule has 1 fully saturated rings. The lowest BCUT2D eigenvalue weighted by Crippen LogP contribution is -2.34. The van der Waals surface area contributed by atoms with E-state index in [9.17, 15) is 9.59 Å². The topological polar surface area (TPSA) is 66.8 Å². The third-order valence-corrected chi connectivity index (χ3v) is 3.73. The van der Waals surface area contributed by atoms with Gasteiger partial charge in [0.2, 0.25) is 0 Å². The Morgan fingerprint density at radius 3 is 2.78 bits per heavy atom. The maximum Gasteiger partial charge on any atom is 0.305 e. The molecule has 0 aliphatic heterocycles. The molecule has 1 aliphatic rings. The molecule has 0 spiro atoms. The number of nitrogens with zero attached hydrogens (tertiary/aromatic N) is 1. The van der Waals surface area contributed by atoms with Gasteiger partial charge in [-0.2, -0.15) is 0 Å². The third-order valence-electron chi connectivity index (χ3n) is 2.84. The molecule has 5 nitrogen and oxygen atoms in total. The summed E-state index contributed by atoms with van der Waals surface area (Å²) in [5.41, 5.74) is 0. The summed E-state index contributed by atoms with van der Waals surface area (Å²) >= 11 is 1.33. The van der Waals surface area contributed by atoms with Crippen molar-refractivity contribution in [1.29, 1.82) is 0 Å². The van der Waals surface area contributed by atoms with Gasteiger partial charge in [-0.3, -0.25) is 9.59 Å². The molecule has 0 saturated heterocycles. The van der Waals surface area contributed by atoms with Gasteiger partial charge in [-0.1, -0.05) is 0 Å². The Morgan fingerprint density at radius 1 is 1.56 bits per heavy atom. The zero-order valence-corrected chi connectivity index (χ0v) is 10.9. The summed E-state index contributed by atoms with van der Waals surface area (Å²) in [7, 11) is 1.55. The predicted octanol–water partition coefficient (Wildman–Crippen LogP) is 1.84. The summed E-state index contributed by atoms with van der Waals surface area (Å²) in [6.45, 7) is 0.277. The van der Waals surface area contributed by atoms with E-state index in [4.69, 9.17) is 9.84 Å². The molecule has 0 unspecified atom stereocenters. The van der Waals surface area contributed by atoms with Crippen molar-refractivity contribution >= 4 is 23.2 Å². The summed E-state index contributed by atoms with van der Waals surface area (Å²) in [6, 6.07) is 1.91. The smallest absolute Gasteiger partial charge is 0.305 e. The summed E-state index contributed by atoms with van der Waals surface area (Å²) in [4.78, 5) is 25.1. The highest BCUT2D eigenvalue weighted by Crippen LogP contribution is 2.30. The maximum atomic E-state index is 12.3. The molecular formula is C12H15NO4S. The minimum Gasteiger partial charge on any atom is -0.496 e. The van der Waals surface area contributed by atoms with Gasteiger partial charge in [0, 0.05) is 24.0 Å². The molecule has 6 heteroatoms. The number of hydrogen-bond donors (Lipinski definition) is 1. The van der Waals surface area contributed by atoms with Crippen molar-refractivity contribution in [3.63, 3.8) is 0 Å². The van der Waals surface area contributed by atoms with Gasteiger partial charge in [-0.15, -0.1) is 11.3 Å². The number of aliphatic carboxylic acids is 1. The zero-order valence-electron chi connectivity index (χ0n) is 10.1.